The van der Waals surface area contributed by atoms with Crippen LogP contribution >= 0.6 is 0 Å². The summed E-state index contributed by atoms with van der Waals surface area (Å²) in [5, 5.41) is 0.0807. The van der Waals surface area contributed by atoms with E-state index in [1.165, 1.54) is 31.4 Å². The van der Waals surface area contributed by atoms with Crippen molar-refractivity contribution in [2.75, 3.05) is 21.3 Å². The Morgan fingerprint density at radius 2 is 1.48 bits per heavy atom. The first kappa shape index (κ1) is 21.6. The first-order chi connectivity index (χ1) is 14.8. The lowest BCUT2D eigenvalue weighted by atomic mass is 9.97. The van der Waals surface area contributed by atoms with Crippen molar-refractivity contribution in [3.8, 4) is 5.75 Å². The number of methoxy groups -OCH3 is 3. The number of ether oxygens (including phenoxy) is 3. The Bertz CT molecular complexity index is 1260. The van der Waals surface area contributed by atoms with Gasteiger partial charge in [0.1, 0.15) is 11.3 Å². The topological polar surface area (TPSA) is 109 Å². The van der Waals surface area contributed by atoms with Crippen molar-refractivity contribution in [3.63, 3.8) is 0 Å². The van der Waals surface area contributed by atoms with Crippen LogP contribution in [0.2, 0.25) is 0 Å². The smallest absolute Gasteiger partial charge is 0.357 e. The van der Waals surface area contributed by atoms with E-state index >= 15 is 0 Å². The van der Waals surface area contributed by atoms with Crippen LogP contribution in [0.25, 0.3) is 10.9 Å². The number of rotatable bonds is 5. The van der Waals surface area contributed by atoms with Gasteiger partial charge in [-0.2, -0.15) is 0 Å². The van der Waals surface area contributed by atoms with Gasteiger partial charge in [0.2, 0.25) is 0 Å². The molecule has 0 aliphatic heterocycles. The molecule has 31 heavy (non-hydrogen) atoms. The van der Waals surface area contributed by atoms with Crippen molar-refractivity contribution >= 4 is 28.6 Å². The highest BCUT2D eigenvalue weighted by Gasteiger charge is 2.30. The van der Waals surface area contributed by atoms with E-state index in [0.717, 1.165) is 19.8 Å². The normalized spacial score (nSPS) is 10.5. The fraction of sp³-hybridized carbons (Fsp3) is 0.174. The summed E-state index contributed by atoms with van der Waals surface area (Å²) in [5.41, 5.74) is -1.32. The first-order valence-corrected chi connectivity index (χ1v) is 9.16. The van der Waals surface area contributed by atoms with Gasteiger partial charge in [-0.05, 0) is 43.3 Å². The molecule has 0 unspecified atom stereocenters. The van der Waals surface area contributed by atoms with Crippen LogP contribution in [0.4, 0.5) is 0 Å². The van der Waals surface area contributed by atoms with Gasteiger partial charge in [0.15, 0.2) is 16.9 Å². The fourth-order valence-electron chi connectivity index (χ4n) is 3.12. The Morgan fingerprint density at radius 3 is 2.06 bits per heavy atom. The zero-order valence-corrected chi connectivity index (χ0v) is 17.3. The van der Waals surface area contributed by atoms with E-state index in [0.29, 0.717) is 5.75 Å². The van der Waals surface area contributed by atoms with Crippen LogP contribution in [0.3, 0.4) is 0 Å². The van der Waals surface area contributed by atoms with Crippen molar-refractivity contribution in [1.82, 2.24) is 4.98 Å². The second-order valence-corrected chi connectivity index (χ2v) is 6.60. The highest BCUT2D eigenvalue weighted by atomic mass is 16.5. The Kier molecular flexibility index (Phi) is 6.10. The highest BCUT2D eigenvalue weighted by molar-refractivity contribution is 6.18. The zero-order valence-electron chi connectivity index (χ0n) is 17.3. The minimum atomic E-state index is -1.06. The van der Waals surface area contributed by atoms with Gasteiger partial charge < -0.3 is 14.2 Å². The van der Waals surface area contributed by atoms with Crippen molar-refractivity contribution in [3.05, 3.63) is 80.6 Å². The molecule has 1 aromatic heterocycles. The zero-order chi connectivity index (χ0) is 22.7. The molecule has 1 heterocycles. The van der Waals surface area contributed by atoms with E-state index in [-0.39, 0.29) is 16.5 Å². The van der Waals surface area contributed by atoms with Crippen LogP contribution in [0.1, 0.15) is 42.3 Å². The molecule has 0 fully saturated rings. The molecular formula is C23H19NO7. The molecule has 3 rings (SSSR count). The molecular weight excluding hydrogens is 402 g/mol. The quantitative estimate of drug-likeness (QED) is 0.457. The third-order valence-electron chi connectivity index (χ3n) is 4.69. The molecule has 8 heteroatoms. The Balaban J connectivity index is 2.50. The van der Waals surface area contributed by atoms with Crippen molar-refractivity contribution < 1.29 is 28.6 Å². The predicted molar refractivity (Wildman–Crippen MR) is 112 cm³/mol. The molecule has 158 valence electrons. The average Bonchev–Trinajstić information content (AvgIpc) is 2.92. The van der Waals surface area contributed by atoms with Crippen LogP contribution < -0.4 is 10.2 Å². The summed E-state index contributed by atoms with van der Waals surface area (Å²) in [5.74, 6) is -2.30. The molecule has 0 aliphatic rings. The van der Waals surface area contributed by atoms with E-state index in [4.69, 9.17) is 14.2 Å². The number of esters is 2. The molecule has 0 aliphatic carbocycles. The monoisotopic (exact) mass is 421 g/mol. The number of hydrogen-bond acceptors (Lipinski definition) is 8. The van der Waals surface area contributed by atoms with E-state index in [2.05, 4.69) is 4.98 Å². The SMILES string of the molecule is COC(=O)c1nc2ccc(C)cc2c(=O)c(C(=O)c2ccc(OC)cc2)c1C(=O)OC. The van der Waals surface area contributed by atoms with Gasteiger partial charge in [0.05, 0.1) is 32.4 Å². The van der Waals surface area contributed by atoms with E-state index in [1.807, 2.05) is 0 Å². The summed E-state index contributed by atoms with van der Waals surface area (Å²) >= 11 is 0. The van der Waals surface area contributed by atoms with E-state index < -0.39 is 40.0 Å². The van der Waals surface area contributed by atoms with Crippen LogP contribution in [0.5, 0.6) is 5.75 Å². The third-order valence-corrected chi connectivity index (χ3v) is 4.69. The average molecular weight is 421 g/mol. The lowest BCUT2D eigenvalue weighted by Crippen LogP contribution is -2.23. The van der Waals surface area contributed by atoms with Crippen LogP contribution in [-0.2, 0) is 9.47 Å². The minimum absolute atomic E-state index is 0.0807. The van der Waals surface area contributed by atoms with Crippen molar-refractivity contribution in [2.45, 2.75) is 6.92 Å². The number of aromatic nitrogens is 1. The second-order valence-electron chi connectivity index (χ2n) is 6.60. The Morgan fingerprint density at radius 1 is 0.839 bits per heavy atom. The molecule has 0 bridgehead atoms. The van der Waals surface area contributed by atoms with Gasteiger partial charge in [-0.25, -0.2) is 14.6 Å². The number of hydrogen-bond donors (Lipinski definition) is 0. The molecule has 0 atom stereocenters. The number of ketones is 1. The minimum Gasteiger partial charge on any atom is -0.497 e. The summed E-state index contributed by atoms with van der Waals surface area (Å²) in [6.07, 6.45) is 0. The van der Waals surface area contributed by atoms with E-state index in [9.17, 15) is 19.2 Å². The molecule has 3 aromatic rings. The number of carbonyl (C=O) groups is 3. The lowest BCUT2D eigenvalue weighted by molar-refractivity contribution is 0.0549. The summed E-state index contributed by atoms with van der Waals surface area (Å²) in [4.78, 5) is 56.2. The van der Waals surface area contributed by atoms with Gasteiger partial charge in [-0.15, -0.1) is 0 Å². The largest absolute Gasteiger partial charge is 0.497 e. The van der Waals surface area contributed by atoms with Gasteiger partial charge in [0.25, 0.3) is 0 Å². The van der Waals surface area contributed by atoms with Crippen LogP contribution in [0, 0.1) is 6.92 Å². The maximum atomic E-state index is 13.5. The van der Waals surface area contributed by atoms with Gasteiger partial charge >= 0.3 is 11.9 Å². The Hall–Kier alpha value is -4.07. The number of benzene rings is 2. The summed E-state index contributed by atoms with van der Waals surface area (Å²) < 4.78 is 14.6. The van der Waals surface area contributed by atoms with E-state index in [1.54, 1.807) is 25.1 Å². The van der Waals surface area contributed by atoms with Gasteiger partial charge in [-0.3, -0.25) is 9.59 Å². The summed E-state index contributed by atoms with van der Waals surface area (Å²) in [6, 6.07) is 10.7. The maximum absolute atomic E-state index is 13.5. The molecule has 0 saturated carbocycles. The highest BCUT2D eigenvalue weighted by Crippen LogP contribution is 2.21. The number of fused-ring (bicyclic) bond motifs is 1. The van der Waals surface area contributed by atoms with Gasteiger partial charge in [-0.1, -0.05) is 11.6 Å². The molecule has 2 aromatic carbocycles. The molecule has 0 saturated heterocycles. The molecule has 8 nitrogen and oxygen atoms in total. The molecule has 0 N–H and O–H groups in total. The number of aryl methyl sites for hydroxylation is 1. The maximum Gasteiger partial charge on any atom is 0.357 e. The molecule has 0 amide bonds. The Labute approximate surface area is 177 Å². The molecule has 0 spiro atoms. The number of carbonyl (C=O) groups excluding carboxylic acids is 3. The second kappa shape index (κ2) is 8.74. The fourth-order valence-corrected chi connectivity index (χ4v) is 3.12. The standard InChI is InChI=1S/C23H19NO7/c1-12-5-10-16-15(11-12)21(26)18(20(25)13-6-8-14(29-2)9-7-13)17(22(27)30-3)19(24-16)23(28)31-4/h5-11H,1-4H3. The summed E-state index contributed by atoms with van der Waals surface area (Å²) in [6.45, 7) is 1.76. The lowest BCUT2D eigenvalue weighted by Gasteiger charge is -2.07. The first-order valence-electron chi connectivity index (χ1n) is 9.16. The molecule has 0 radical (unpaired) electrons. The number of nitrogens with zero attached hydrogens (tertiary/aromatic N) is 1. The van der Waals surface area contributed by atoms with Gasteiger partial charge in [0, 0.05) is 10.9 Å². The third kappa shape index (κ3) is 4.00. The van der Waals surface area contributed by atoms with Crippen molar-refractivity contribution in [2.24, 2.45) is 0 Å². The van der Waals surface area contributed by atoms with Crippen LogP contribution in [0.15, 0.2) is 47.3 Å². The van der Waals surface area contributed by atoms with Crippen LogP contribution in [-0.4, -0.2) is 44.0 Å². The van der Waals surface area contributed by atoms with Crippen molar-refractivity contribution in [1.29, 1.82) is 0 Å². The predicted octanol–water partition coefficient (Wildman–Crippen LogP) is 2.72. The summed E-state index contributed by atoms with van der Waals surface area (Å²) in [7, 11) is 3.65.